The Balaban J connectivity index is 3.01. The molecule has 0 radical (unpaired) electrons. The van der Waals surface area contributed by atoms with Gasteiger partial charge in [-0.1, -0.05) is 24.3 Å². The van der Waals surface area contributed by atoms with Crippen molar-refractivity contribution >= 4 is 5.91 Å². The van der Waals surface area contributed by atoms with E-state index < -0.39 is 0 Å². The van der Waals surface area contributed by atoms with E-state index >= 15 is 0 Å². The SMILES string of the molecule is C=CCc1ccccc1C(=O)N(CC)CC. The van der Waals surface area contributed by atoms with Crippen LogP contribution in [0, 0.1) is 0 Å². The summed E-state index contributed by atoms with van der Waals surface area (Å²) in [4.78, 5) is 14.0. The van der Waals surface area contributed by atoms with Gasteiger partial charge in [0.1, 0.15) is 0 Å². The zero-order chi connectivity index (χ0) is 12.0. The molecule has 0 saturated heterocycles. The fourth-order valence-electron chi connectivity index (χ4n) is 1.74. The van der Waals surface area contributed by atoms with Crippen molar-refractivity contribution in [3.8, 4) is 0 Å². The van der Waals surface area contributed by atoms with E-state index in [4.69, 9.17) is 0 Å². The largest absolute Gasteiger partial charge is 0.339 e. The van der Waals surface area contributed by atoms with E-state index in [1.807, 2.05) is 49.1 Å². The molecule has 0 unspecified atom stereocenters. The molecule has 0 aliphatic carbocycles. The molecule has 0 atom stereocenters. The summed E-state index contributed by atoms with van der Waals surface area (Å²) in [7, 11) is 0. The standard InChI is InChI=1S/C14H19NO/c1-4-9-12-10-7-8-11-13(12)14(16)15(5-2)6-3/h4,7-8,10-11H,1,5-6,9H2,2-3H3. The average molecular weight is 217 g/mol. The summed E-state index contributed by atoms with van der Waals surface area (Å²) in [5.41, 5.74) is 1.85. The second kappa shape index (κ2) is 6.11. The average Bonchev–Trinajstić information content (AvgIpc) is 2.31. The molecule has 0 aliphatic rings. The van der Waals surface area contributed by atoms with Gasteiger partial charge in [-0.2, -0.15) is 0 Å². The molecule has 1 aromatic carbocycles. The van der Waals surface area contributed by atoms with Gasteiger partial charge in [0.05, 0.1) is 0 Å². The number of hydrogen-bond acceptors (Lipinski definition) is 1. The normalized spacial score (nSPS) is 9.88. The molecule has 86 valence electrons. The van der Waals surface area contributed by atoms with E-state index in [-0.39, 0.29) is 5.91 Å². The number of hydrogen-bond donors (Lipinski definition) is 0. The van der Waals surface area contributed by atoms with Crippen LogP contribution in [0.5, 0.6) is 0 Å². The first kappa shape index (κ1) is 12.5. The van der Waals surface area contributed by atoms with Gasteiger partial charge in [-0.15, -0.1) is 6.58 Å². The van der Waals surface area contributed by atoms with Crippen LogP contribution in [-0.4, -0.2) is 23.9 Å². The molecule has 0 fully saturated rings. The van der Waals surface area contributed by atoms with E-state index in [0.717, 1.165) is 30.6 Å². The van der Waals surface area contributed by atoms with Crippen LogP contribution in [0.3, 0.4) is 0 Å². The van der Waals surface area contributed by atoms with Crippen molar-refractivity contribution in [1.29, 1.82) is 0 Å². The van der Waals surface area contributed by atoms with Crippen LogP contribution in [0.25, 0.3) is 0 Å². The van der Waals surface area contributed by atoms with Crippen LogP contribution in [0.15, 0.2) is 36.9 Å². The highest BCUT2D eigenvalue weighted by molar-refractivity contribution is 5.95. The quantitative estimate of drug-likeness (QED) is 0.694. The van der Waals surface area contributed by atoms with Crippen molar-refractivity contribution < 1.29 is 4.79 Å². The zero-order valence-electron chi connectivity index (χ0n) is 10.1. The first-order valence-electron chi connectivity index (χ1n) is 5.72. The summed E-state index contributed by atoms with van der Waals surface area (Å²) in [6, 6.07) is 7.74. The molecular formula is C14H19NO. The number of amides is 1. The molecule has 0 spiro atoms. The number of carbonyl (C=O) groups excluding carboxylic acids is 1. The summed E-state index contributed by atoms with van der Waals surface area (Å²) in [6.45, 7) is 9.21. The summed E-state index contributed by atoms with van der Waals surface area (Å²) in [6.07, 6.45) is 2.57. The van der Waals surface area contributed by atoms with Crippen LogP contribution in [0.4, 0.5) is 0 Å². The predicted octanol–water partition coefficient (Wildman–Crippen LogP) is 2.90. The molecular weight excluding hydrogens is 198 g/mol. The molecule has 1 amide bonds. The van der Waals surface area contributed by atoms with E-state index in [0.29, 0.717) is 0 Å². The third kappa shape index (κ3) is 2.72. The fourth-order valence-corrected chi connectivity index (χ4v) is 1.74. The molecule has 2 nitrogen and oxygen atoms in total. The second-order valence-electron chi connectivity index (χ2n) is 3.63. The maximum atomic E-state index is 12.2. The van der Waals surface area contributed by atoms with Crippen molar-refractivity contribution in [1.82, 2.24) is 4.90 Å². The van der Waals surface area contributed by atoms with Crippen LogP contribution >= 0.6 is 0 Å². The number of rotatable bonds is 5. The van der Waals surface area contributed by atoms with Crippen LogP contribution in [-0.2, 0) is 6.42 Å². The van der Waals surface area contributed by atoms with Gasteiger partial charge in [-0.25, -0.2) is 0 Å². The van der Waals surface area contributed by atoms with Crippen LogP contribution in [0.1, 0.15) is 29.8 Å². The number of carbonyl (C=O) groups is 1. The first-order valence-corrected chi connectivity index (χ1v) is 5.72. The molecule has 0 saturated carbocycles. The van der Waals surface area contributed by atoms with Crippen molar-refractivity contribution in [3.63, 3.8) is 0 Å². The van der Waals surface area contributed by atoms with E-state index in [1.54, 1.807) is 0 Å². The Labute approximate surface area is 97.6 Å². The van der Waals surface area contributed by atoms with Gasteiger partial charge in [-0.3, -0.25) is 4.79 Å². The van der Waals surface area contributed by atoms with Gasteiger partial charge in [0.25, 0.3) is 5.91 Å². The van der Waals surface area contributed by atoms with E-state index in [1.165, 1.54) is 0 Å². The lowest BCUT2D eigenvalue weighted by Crippen LogP contribution is -2.31. The van der Waals surface area contributed by atoms with E-state index in [2.05, 4.69) is 6.58 Å². The zero-order valence-corrected chi connectivity index (χ0v) is 10.1. The Morgan fingerprint density at radius 3 is 2.50 bits per heavy atom. The monoisotopic (exact) mass is 217 g/mol. The lowest BCUT2D eigenvalue weighted by molar-refractivity contribution is 0.0772. The number of allylic oxidation sites excluding steroid dienone is 1. The Bertz CT molecular complexity index is 367. The predicted molar refractivity (Wildman–Crippen MR) is 67.6 cm³/mol. The van der Waals surface area contributed by atoms with Gasteiger partial charge in [0, 0.05) is 18.7 Å². The molecule has 0 heterocycles. The van der Waals surface area contributed by atoms with Crippen molar-refractivity contribution in [3.05, 3.63) is 48.0 Å². The van der Waals surface area contributed by atoms with Gasteiger partial charge in [0.15, 0.2) is 0 Å². The Hall–Kier alpha value is -1.57. The van der Waals surface area contributed by atoms with Gasteiger partial charge in [-0.05, 0) is 31.9 Å². The summed E-state index contributed by atoms with van der Waals surface area (Å²) < 4.78 is 0. The molecule has 2 heteroatoms. The summed E-state index contributed by atoms with van der Waals surface area (Å²) in [5.74, 6) is 0.113. The number of benzene rings is 1. The highest BCUT2D eigenvalue weighted by atomic mass is 16.2. The topological polar surface area (TPSA) is 20.3 Å². The van der Waals surface area contributed by atoms with Crippen molar-refractivity contribution in [2.24, 2.45) is 0 Å². The smallest absolute Gasteiger partial charge is 0.254 e. The Morgan fingerprint density at radius 1 is 1.31 bits per heavy atom. The molecule has 0 aromatic heterocycles. The molecule has 16 heavy (non-hydrogen) atoms. The third-order valence-electron chi connectivity index (χ3n) is 2.66. The molecule has 0 aliphatic heterocycles. The highest BCUT2D eigenvalue weighted by Gasteiger charge is 2.14. The molecule has 1 rings (SSSR count). The number of nitrogens with zero attached hydrogens (tertiary/aromatic N) is 1. The first-order chi connectivity index (χ1) is 7.74. The lowest BCUT2D eigenvalue weighted by Gasteiger charge is -2.20. The lowest BCUT2D eigenvalue weighted by atomic mass is 10.0. The minimum absolute atomic E-state index is 0.113. The Kier molecular flexibility index (Phi) is 4.77. The van der Waals surface area contributed by atoms with E-state index in [9.17, 15) is 4.79 Å². The van der Waals surface area contributed by atoms with Gasteiger partial charge in [0.2, 0.25) is 0 Å². The summed E-state index contributed by atoms with van der Waals surface area (Å²) >= 11 is 0. The van der Waals surface area contributed by atoms with Gasteiger partial charge < -0.3 is 4.90 Å². The maximum absolute atomic E-state index is 12.2. The molecule has 1 aromatic rings. The fraction of sp³-hybridized carbons (Fsp3) is 0.357. The summed E-state index contributed by atoms with van der Waals surface area (Å²) in [5, 5.41) is 0. The minimum atomic E-state index is 0.113. The van der Waals surface area contributed by atoms with Crippen LogP contribution < -0.4 is 0 Å². The van der Waals surface area contributed by atoms with Crippen LogP contribution in [0.2, 0.25) is 0 Å². The highest BCUT2D eigenvalue weighted by Crippen LogP contribution is 2.12. The Morgan fingerprint density at radius 2 is 1.94 bits per heavy atom. The molecule has 0 N–H and O–H groups in total. The van der Waals surface area contributed by atoms with Gasteiger partial charge >= 0.3 is 0 Å². The maximum Gasteiger partial charge on any atom is 0.254 e. The van der Waals surface area contributed by atoms with Crippen molar-refractivity contribution in [2.75, 3.05) is 13.1 Å². The minimum Gasteiger partial charge on any atom is -0.339 e. The third-order valence-corrected chi connectivity index (χ3v) is 2.66. The molecule has 0 bridgehead atoms. The second-order valence-corrected chi connectivity index (χ2v) is 3.63. The van der Waals surface area contributed by atoms with Crippen molar-refractivity contribution in [2.45, 2.75) is 20.3 Å².